The SMILES string of the molecule is COc1cccc(Oc2cc(NN)nc(C)n2)c1. The van der Waals surface area contributed by atoms with Crippen molar-refractivity contribution in [2.45, 2.75) is 6.92 Å². The molecule has 1 heterocycles. The number of nitrogens with one attached hydrogen (secondary N) is 1. The predicted octanol–water partition coefficient (Wildman–Crippen LogP) is 1.87. The average molecular weight is 246 g/mol. The highest BCUT2D eigenvalue weighted by atomic mass is 16.5. The van der Waals surface area contributed by atoms with Gasteiger partial charge in [0.15, 0.2) is 0 Å². The number of benzene rings is 1. The third kappa shape index (κ3) is 2.86. The van der Waals surface area contributed by atoms with Crippen LogP contribution < -0.4 is 20.7 Å². The van der Waals surface area contributed by atoms with E-state index in [-0.39, 0.29) is 0 Å². The van der Waals surface area contributed by atoms with Crippen LogP contribution in [0.5, 0.6) is 17.4 Å². The van der Waals surface area contributed by atoms with Crippen molar-refractivity contribution in [2.24, 2.45) is 5.84 Å². The highest BCUT2D eigenvalue weighted by Gasteiger charge is 2.04. The zero-order chi connectivity index (χ0) is 13.0. The molecule has 0 aliphatic carbocycles. The molecule has 2 rings (SSSR count). The lowest BCUT2D eigenvalue weighted by Crippen LogP contribution is -2.09. The second-order valence-electron chi connectivity index (χ2n) is 3.56. The summed E-state index contributed by atoms with van der Waals surface area (Å²) in [5.74, 6) is 8.16. The zero-order valence-electron chi connectivity index (χ0n) is 10.2. The molecule has 0 atom stereocenters. The summed E-state index contributed by atoms with van der Waals surface area (Å²) in [5.41, 5.74) is 2.46. The van der Waals surface area contributed by atoms with Crippen LogP contribution in [0.2, 0.25) is 0 Å². The van der Waals surface area contributed by atoms with E-state index in [1.54, 1.807) is 26.2 Å². The van der Waals surface area contributed by atoms with Gasteiger partial charge in [0.05, 0.1) is 7.11 Å². The number of nitrogens with zero attached hydrogens (tertiary/aromatic N) is 2. The Morgan fingerprint density at radius 2 is 1.94 bits per heavy atom. The maximum absolute atomic E-state index is 5.62. The number of aryl methyl sites for hydroxylation is 1. The number of methoxy groups -OCH3 is 1. The van der Waals surface area contributed by atoms with Crippen molar-refractivity contribution in [3.05, 3.63) is 36.2 Å². The smallest absolute Gasteiger partial charge is 0.224 e. The van der Waals surface area contributed by atoms with Gasteiger partial charge >= 0.3 is 0 Å². The third-order valence-electron chi connectivity index (χ3n) is 2.23. The molecular formula is C12H14N4O2. The van der Waals surface area contributed by atoms with E-state index < -0.39 is 0 Å². The summed E-state index contributed by atoms with van der Waals surface area (Å²) < 4.78 is 10.7. The number of hydrogen-bond acceptors (Lipinski definition) is 6. The van der Waals surface area contributed by atoms with Crippen molar-refractivity contribution in [3.8, 4) is 17.4 Å². The number of nitrogens with two attached hydrogens (primary N) is 1. The maximum Gasteiger partial charge on any atom is 0.224 e. The van der Waals surface area contributed by atoms with E-state index in [4.69, 9.17) is 15.3 Å². The standard InChI is InChI=1S/C12H14N4O2/c1-8-14-11(16-13)7-12(15-8)18-10-5-3-4-9(6-10)17-2/h3-7H,13H2,1-2H3,(H,14,15,16). The summed E-state index contributed by atoms with van der Waals surface area (Å²) in [6.45, 7) is 1.76. The molecule has 2 aromatic rings. The molecule has 18 heavy (non-hydrogen) atoms. The van der Waals surface area contributed by atoms with Crippen LogP contribution in [0.1, 0.15) is 5.82 Å². The summed E-state index contributed by atoms with van der Waals surface area (Å²) in [6, 6.07) is 8.88. The Balaban J connectivity index is 2.24. The molecule has 0 aliphatic rings. The fraction of sp³-hybridized carbons (Fsp3) is 0.167. The van der Waals surface area contributed by atoms with Gasteiger partial charge < -0.3 is 14.9 Å². The fourth-order valence-corrected chi connectivity index (χ4v) is 1.45. The summed E-state index contributed by atoms with van der Waals surface area (Å²) in [4.78, 5) is 8.24. The van der Waals surface area contributed by atoms with Gasteiger partial charge in [-0.2, -0.15) is 4.98 Å². The lowest BCUT2D eigenvalue weighted by atomic mass is 10.3. The molecule has 0 bridgehead atoms. The minimum atomic E-state index is 0.420. The van der Waals surface area contributed by atoms with Crippen LogP contribution in [0.3, 0.4) is 0 Å². The van der Waals surface area contributed by atoms with E-state index in [0.29, 0.717) is 23.3 Å². The van der Waals surface area contributed by atoms with Gasteiger partial charge in [0.25, 0.3) is 0 Å². The van der Waals surface area contributed by atoms with Crippen LogP contribution in [-0.4, -0.2) is 17.1 Å². The zero-order valence-corrected chi connectivity index (χ0v) is 10.2. The Labute approximate surface area is 105 Å². The molecule has 0 amide bonds. The van der Waals surface area contributed by atoms with Crippen molar-refractivity contribution in [1.29, 1.82) is 0 Å². The van der Waals surface area contributed by atoms with E-state index in [9.17, 15) is 0 Å². The highest BCUT2D eigenvalue weighted by molar-refractivity contribution is 5.40. The van der Waals surface area contributed by atoms with E-state index in [2.05, 4.69) is 15.4 Å². The number of nitrogen functional groups attached to an aromatic ring is 1. The molecule has 3 N–H and O–H groups in total. The van der Waals surface area contributed by atoms with Gasteiger partial charge in [-0.3, -0.25) is 0 Å². The number of hydrazine groups is 1. The van der Waals surface area contributed by atoms with Crippen LogP contribution in [0.4, 0.5) is 5.82 Å². The number of ether oxygens (including phenoxy) is 2. The van der Waals surface area contributed by atoms with Crippen molar-refractivity contribution < 1.29 is 9.47 Å². The first-order chi connectivity index (χ1) is 8.71. The monoisotopic (exact) mass is 246 g/mol. The molecule has 94 valence electrons. The Bertz CT molecular complexity index is 545. The number of anilines is 1. The lowest BCUT2D eigenvalue weighted by Gasteiger charge is -2.08. The predicted molar refractivity (Wildman–Crippen MR) is 67.6 cm³/mol. The fourth-order valence-electron chi connectivity index (χ4n) is 1.45. The van der Waals surface area contributed by atoms with Gasteiger partial charge in [-0.15, -0.1) is 0 Å². The van der Waals surface area contributed by atoms with E-state index in [1.807, 2.05) is 18.2 Å². The molecule has 0 unspecified atom stereocenters. The quantitative estimate of drug-likeness (QED) is 0.633. The Hall–Kier alpha value is -2.34. The summed E-state index contributed by atoms with van der Waals surface area (Å²) in [6.07, 6.45) is 0. The normalized spacial score (nSPS) is 9.94. The molecule has 0 radical (unpaired) electrons. The summed E-state index contributed by atoms with van der Waals surface area (Å²) in [5, 5.41) is 0. The maximum atomic E-state index is 5.62. The van der Waals surface area contributed by atoms with Crippen LogP contribution in [0.15, 0.2) is 30.3 Å². The van der Waals surface area contributed by atoms with E-state index >= 15 is 0 Å². The first-order valence-electron chi connectivity index (χ1n) is 5.35. The first-order valence-corrected chi connectivity index (χ1v) is 5.35. The Morgan fingerprint density at radius 1 is 1.17 bits per heavy atom. The highest BCUT2D eigenvalue weighted by Crippen LogP contribution is 2.24. The second-order valence-corrected chi connectivity index (χ2v) is 3.56. The average Bonchev–Trinajstić information content (AvgIpc) is 2.38. The molecule has 1 aromatic carbocycles. The topological polar surface area (TPSA) is 82.3 Å². The van der Waals surface area contributed by atoms with Crippen molar-refractivity contribution in [3.63, 3.8) is 0 Å². The van der Waals surface area contributed by atoms with Crippen molar-refractivity contribution >= 4 is 5.82 Å². The van der Waals surface area contributed by atoms with Crippen molar-refractivity contribution in [1.82, 2.24) is 9.97 Å². The minimum Gasteiger partial charge on any atom is -0.497 e. The molecular weight excluding hydrogens is 232 g/mol. The molecule has 0 saturated carbocycles. The lowest BCUT2D eigenvalue weighted by molar-refractivity contribution is 0.407. The first kappa shape index (κ1) is 12.1. The van der Waals surface area contributed by atoms with Crippen LogP contribution in [-0.2, 0) is 0 Å². The molecule has 0 saturated heterocycles. The molecule has 6 nitrogen and oxygen atoms in total. The number of hydrogen-bond donors (Lipinski definition) is 2. The van der Waals surface area contributed by atoms with Crippen LogP contribution in [0, 0.1) is 6.92 Å². The van der Waals surface area contributed by atoms with Crippen molar-refractivity contribution in [2.75, 3.05) is 12.5 Å². The summed E-state index contributed by atoms with van der Waals surface area (Å²) >= 11 is 0. The minimum absolute atomic E-state index is 0.420. The van der Waals surface area contributed by atoms with Gasteiger partial charge in [0.1, 0.15) is 23.1 Å². The summed E-state index contributed by atoms with van der Waals surface area (Å²) in [7, 11) is 1.60. The molecule has 0 aliphatic heterocycles. The van der Waals surface area contributed by atoms with Gasteiger partial charge in [0.2, 0.25) is 5.88 Å². The molecule has 0 fully saturated rings. The van der Waals surface area contributed by atoms with Crippen LogP contribution in [0.25, 0.3) is 0 Å². The van der Waals surface area contributed by atoms with Gasteiger partial charge in [-0.05, 0) is 19.1 Å². The van der Waals surface area contributed by atoms with Gasteiger partial charge in [0, 0.05) is 12.1 Å². The number of aromatic nitrogens is 2. The van der Waals surface area contributed by atoms with Crippen LogP contribution >= 0.6 is 0 Å². The van der Waals surface area contributed by atoms with E-state index in [1.165, 1.54) is 0 Å². The number of rotatable bonds is 4. The largest absolute Gasteiger partial charge is 0.497 e. The Morgan fingerprint density at radius 3 is 2.67 bits per heavy atom. The molecule has 1 aromatic heterocycles. The molecule has 0 spiro atoms. The molecule has 6 heteroatoms. The van der Waals surface area contributed by atoms with Gasteiger partial charge in [-0.25, -0.2) is 10.8 Å². The van der Waals surface area contributed by atoms with E-state index in [0.717, 1.165) is 5.75 Å². The third-order valence-corrected chi connectivity index (χ3v) is 2.23. The van der Waals surface area contributed by atoms with Gasteiger partial charge in [-0.1, -0.05) is 6.07 Å². The second kappa shape index (κ2) is 5.33. The Kier molecular flexibility index (Phi) is 3.59.